The third-order valence-corrected chi connectivity index (χ3v) is 5.00. The van der Waals surface area contributed by atoms with Crippen LogP contribution in [0, 0.1) is 18.8 Å². The van der Waals surface area contributed by atoms with Gasteiger partial charge in [0.05, 0.1) is 11.8 Å². The van der Waals surface area contributed by atoms with Gasteiger partial charge < -0.3 is 5.32 Å². The first-order valence-corrected chi connectivity index (χ1v) is 8.37. The number of likely N-dealkylation sites (tertiary alicyclic amines) is 1. The monoisotopic (exact) mass is 346 g/mol. The van der Waals surface area contributed by atoms with Gasteiger partial charge in [0.15, 0.2) is 0 Å². The molecule has 0 saturated carbocycles. The molecule has 126 valence electrons. The molecule has 2 aliphatic rings. The average Bonchev–Trinajstić information content (AvgIpc) is 2.82. The van der Waals surface area contributed by atoms with E-state index in [-0.39, 0.29) is 23.7 Å². The van der Waals surface area contributed by atoms with Gasteiger partial charge in [-0.2, -0.15) is 0 Å². The number of hydrogen-bond donors (Lipinski definition) is 1. The Balaban J connectivity index is 1.77. The number of nitrogens with zero attached hydrogens (tertiary/aromatic N) is 1. The molecule has 0 aromatic heterocycles. The van der Waals surface area contributed by atoms with E-state index >= 15 is 0 Å². The molecular weight excluding hydrogens is 328 g/mol. The summed E-state index contributed by atoms with van der Waals surface area (Å²) in [4.78, 5) is 38.7. The number of nitrogens with one attached hydrogen (secondary N) is 1. The zero-order valence-electron chi connectivity index (χ0n) is 13.6. The fraction of sp³-hybridized carbons (Fsp3) is 0.389. The normalized spacial score (nSPS) is 24.0. The van der Waals surface area contributed by atoms with E-state index in [0.29, 0.717) is 23.6 Å². The Hall–Kier alpha value is -2.14. The fourth-order valence-corrected chi connectivity index (χ4v) is 3.46. The van der Waals surface area contributed by atoms with Crippen LogP contribution in [0.3, 0.4) is 0 Å². The molecule has 3 rings (SSSR count). The van der Waals surface area contributed by atoms with Gasteiger partial charge in [0, 0.05) is 10.7 Å². The molecule has 1 aliphatic heterocycles. The van der Waals surface area contributed by atoms with Gasteiger partial charge in [0.25, 0.3) is 0 Å². The van der Waals surface area contributed by atoms with Gasteiger partial charge in [0.1, 0.15) is 6.04 Å². The van der Waals surface area contributed by atoms with Crippen LogP contribution in [0.25, 0.3) is 0 Å². The molecule has 0 bridgehead atoms. The van der Waals surface area contributed by atoms with Gasteiger partial charge in [-0.3, -0.25) is 19.3 Å². The number of benzene rings is 1. The van der Waals surface area contributed by atoms with E-state index in [1.54, 1.807) is 25.1 Å². The minimum Gasteiger partial charge on any atom is -0.324 e. The van der Waals surface area contributed by atoms with E-state index in [2.05, 4.69) is 5.32 Å². The van der Waals surface area contributed by atoms with Crippen molar-refractivity contribution in [1.82, 2.24) is 4.90 Å². The predicted octanol–water partition coefficient (Wildman–Crippen LogP) is 2.93. The van der Waals surface area contributed by atoms with Crippen molar-refractivity contribution in [3.63, 3.8) is 0 Å². The quantitative estimate of drug-likeness (QED) is 0.676. The zero-order chi connectivity index (χ0) is 17.4. The molecule has 0 unspecified atom stereocenters. The summed E-state index contributed by atoms with van der Waals surface area (Å²) in [6, 6.07) is 4.34. The standard InChI is InChI=1S/C18H19ClN2O3/c1-10-7-8-12(19)9-15(10)20-16(22)11(2)21-17(23)13-5-3-4-6-14(13)18(21)24/h3-4,7-9,11,13-14H,5-6H2,1-2H3,(H,20,22)/t11-,13-,14+/m0/s1. The number of halogens is 1. The molecule has 1 aromatic rings. The maximum absolute atomic E-state index is 12.5. The van der Waals surface area contributed by atoms with Gasteiger partial charge in [0.2, 0.25) is 17.7 Å². The largest absolute Gasteiger partial charge is 0.324 e. The minimum absolute atomic E-state index is 0.250. The number of allylic oxidation sites excluding steroid dienone is 2. The second kappa shape index (κ2) is 6.40. The Labute approximate surface area is 145 Å². The van der Waals surface area contributed by atoms with Crippen molar-refractivity contribution in [2.75, 3.05) is 5.32 Å². The number of imide groups is 1. The minimum atomic E-state index is -0.853. The molecule has 24 heavy (non-hydrogen) atoms. The molecular formula is C18H19ClN2O3. The highest BCUT2D eigenvalue weighted by Gasteiger charge is 2.50. The summed E-state index contributed by atoms with van der Waals surface area (Å²) in [6.07, 6.45) is 4.98. The van der Waals surface area contributed by atoms with Crippen LogP contribution in [-0.2, 0) is 14.4 Å². The van der Waals surface area contributed by atoms with E-state index in [1.807, 2.05) is 19.1 Å². The lowest BCUT2D eigenvalue weighted by Crippen LogP contribution is -2.46. The first kappa shape index (κ1) is 16.7. The van der Waals surface area contributed by atoms with Gasteiger partial charge in [-0.25, -0.2) is 0 Å². The van der Waals surface area contributed by atoms with Crippen molar-refractivity contribution >= 4 is 35.0 Å². The Bertz CT molecular complexity index is 718. The van der Waals surface area contributed by atoms with Crippen LogP contribution in [0.15, 0.2) is 30.4 Å². The lowest BCUT2D eigenvalue weighted by atomic mass is 9.85. The van der Waals surface area contributed by atoms with Crippen molar-refractivity contribution in [2.24, 2.45) is 11.8 Å². The molecule has 1 aromatic carbocycles. The molecule has 1 aliphatic carbocycles. The summed E-state index contributed by atoms with van der Waals surface area (Å²) >= 11 is 5.96. The number of aryl methyl sites for hydroxylation is 1. The molecule has 1 N–H and O–H groups in total. The lowest BCUT2D eigenvalue weighted by Gasteiger charge is -2.23. The number of carbonyl (C=O) groups excluding carboxylic acids is 3. The summed E-state index contributed by atoms with van der Waals surface area (Å²) in [7, 11) is 0. The summed E-state index contributed by atoms with van der Waals surface area (Å²) in [6.45, 7) is 3.43. The number of rotatable bonds is 3. The van der Waals surface area contributed by atoms with Crippen molar-refractivity contribution in [3.8, 4) is 0 Å². The third-order valence-electron chi connectivity index (χ3n) is 4.77. The van der Waals surface area contributed by atoms with Gasteiger partial charge in [-0.1, -0.05) is 29.8 Å². The van der Waals surface area contributed by atoms with Crippen LogP contribution in [0.5, 0.6) is 0 Å². The molecule has 1 saturated heterocycles. The second-order valence-electron chi connectivity index (χ2n) is 6.33. The molecule has 1 fully saturated rings. The van der Waals surface area contributed by atoms with Crippen molar-refractivity contribution in [1.29, 1.82) is 0 Å². The van der Waals surface area contributed by atoms with E-state index in [4.69, 9.17) is 11.6 Å². The number of anilines is 1. The summed E-state index contributed by atoms with van der Waals surface area (Å²) in [5.41, 5.74) is 1.44. The molecule has 1 heterocycles. The molecule has 3 atom stereocenters. The van der Waals surface area contributed by atoms with Crippen LogP contribution in [0.4, 0.5) is 5.69 Å². The SMILES string of the molecule is Cc1ccc(Cl)cc1NC(=O)[C@H](C)N1C(=O)[C@H]2CC=CC[C@H]2C1=O. The van der Waals surface area contributed by atoms with Crippen molar-refractivity contribution in [3.05, 3.63) is 40.9 Å². The lowest BCUT2D eigenvalue weighted by molar-refractivity contribution is -0.146. The van der Waals surface area contributed by atoms with Gasteiger partial charge >= 0.3 is 0 Å². The first-order chi connectivity index (χ1) is 11.4. The van der Waals surface area contributed by atoms with Crippen LogP contribution in [-0.4, -0.2) is 28.7 Å². The topological polar surface area (TPSA) is 66.5 Å². The van der Waals surface area contributed by atoms with Crippen molar-refractivity contribution < 1.29 is 14.4 Å². The average molecular weight is 347 g/mol. The first-order valence-electron chi connectivity index (χ1n) is 7.99. The van der Waals surface area contributed by atoms with E-state index in [9.17, 15) is 14.4 Å². The number of hydrogen-bond acceptors (Lipinski definition) is 3. The Kier molecular flexibility index (Phi) is 4.45. The highest BCUT2D eigenvalue weighted by Crippen LogP contribution is 2.36. The third kappa shape index (κ3) is 2.84. The Morgan fingerprint density at radius 3 is 2.38 bits per heavy atom. The van der Waals surface area contributed by atoms with E-state index in [0.717, 1.165) is 10.5 Å². The Morgan fingerprint density at radius 1 is 1.21 bits per heavy atom. The van der Waals surface area contributed by atoms with E-state index < -0.39 is 11.9 Å². The van der Waals surface area contributed by atoms with Crippen LogP contribution in [0.1, 0.15) is 25.3 Å². The van der Waals surface area contributed by atoms with Crippen LogP contribution in [0.2, 0.25) is 5.02 Å². The van der Waals surface area contributed by atoms with Gasteiger partial charge in [-0.05, 0) is 44.4 Å². The van der Waals surface area contributed by atoms with Gasteiger partial charge in [-0.15, -0.1) is 0 Å². The summed E-state index contributed by atoms with van der Waals surface area (Å²) in [5.74, 6) is -1.55. The van der Waals surface area contributed by atoms with Crippen LogP contribution >= 0.6 is 11.6 Å². The maximum Gasteiger partial charge on any atom is 0.247 e. The highest BCUT2D eigenvalue weighted by atomic mass is 35.5. The second-order valence-corrected chi connectivity index (χ2v) is 6.76. The Morgan fingerprint density at radius 2 is 1.79 bits per heavy atom. The van der Waals surface area contributed by atoms with Crippen molar-refractivity contribution in [2.45, 2.75) is 32.7 Å². The molecule has 3 amide bonds. The maximum atomic E-state index is 12.5. The van der Waals surface area contributed by atoms with Crippen LogP contribution < -0.4 is 5.32 Å². The zero-order valence-corrected chi connectivity index (χ0v) is 14.3. The number of fused-ring (bicyclic) bond motifs is 1. The number of carbonyl (C=O) groups is 3. The summed E-state index contributed by atoms with van der Waals surface area (Å²) < 4.78 is 0. The highest BCUT2D eigenvalue weighted by molar-refractivity contribution is 6.31. The molecule has 0 radical (unpaired) electrons. The molecule has 6 heteroatoms. The smallest absolute Gasteiger partial charge is 0.247 e. The molecule has 0 spiro atoms. The molecule has 5 nitrogen and oxygen atoms in total. The van der Waals surface area contributed by atoms with E-state index in [1.165, 1.54) is 0 Å². The predicted molar refractivity (Wildman–Crippen MR) is 91.5 cm³/mol. The fourth-order valence-electron chi connectivity index (χ4n) is 3.29. The summed E-state index contributed by atoms with van der Waals surface area (Å²) in [5, 5.41) is 3.27. The number of amides is 3.